The lowest BCUT2D eigenvalue weighted by Gasteiger charge is -2.35. The van der Waals surface area contributed by atoms with Crippen LogP contribution in [0.25, 0.3) is 0 Å². The van der Waals surface area contributed by atoms with Crippen LogP contribution >= 0.6 is 0 Å². The van der Waals surface area contributed by atoms with Gasteiger partial charge in [0.05, 0.1) is 12.1 Å². The molecule has 0 aliphatic carbocycles. The van der Waals surface area contributed by atoms with Gasteiger partial charge in [-0.25, -0.2) is 9.97 Å². The predicted molar refractivity (Wildman–Crippen MR) is 70.5 cm³/mol. The van der Waals surface area contributed by atoms with Gasteiger partial charge in [0.2, 0.25) is 0 Å². The average molecular weight is 238 g/mol. The van der Waals surface area contributed by atoms with Crippen molar-refractivity contribution >= 4 is 11.6 Å². The summed E-state index contributed by atoms with van der Waals surface area (Å²) in [5.41, 5.74) is -0.343. The molecule has 1 rings (SSSR count). The van der Waals surface area contributed by atoms with Gasteiger partial charge in [-0.3, -0.25) is 0 Å². The second-order valence-electron chi connectivity index (χ2n) is 4.66. The van der Waals surface area contributed by atoms with Crippen LogP contribution in [-0.4, -0.2) is 41.3 Å². The smallest absolute Gasteiger partial charge is 0.134 e. The molecule has 0 unspecified atom stereocenters. The van der Waals surface area contributed by atoms with E-state index in [4.69, 9.17) is 0 Å². The van der Waals surface area contributed by atoms with Gasteiger partial charge in [-0.1, -0.05) is 6.92 Å². The number of aromatic nitrogens is 2. The van der Waals surface area contributed by atoms with Crippen molar-refractivity contribution in [2.24, 2.45) is 0 Å². The van der Waals surface area contributed by atoms with Crippen LogP contribution in [0.2, 0.25) is 0 Å². The zero-order valence-electron chi connectivity index (χ0n) is 11.3. The Morgan fingerprint density at radius 3 is 2.53 bits per heavy atom. The van der Waals surface area contributed by atoms with Crippen LogP contribution in [0.5, 0.6) is 0 Å². The molecule has 1 aromatic heterocycles. The predicted octanol–water partition coefficient (Wildman–Crippen LogP) is 1.29. The summed E-state index contributed by atoms with van der Waals surface area (Å²) in [6.07, 6.45) is 0.788. The molecule has 2 N–H and O–H groups in total. The first-order chi connectivity index (χ1) is 7.94. The van der Waals surface area contributed by atoms with E-state index in [1.807, 2.05) is 45.8 Å². The second-order valence-corrected chi connectivity index (χ2v) is 4.66. The molecule has 0 aliphatic heterocycles. The van der Waals surface area contributed by atoms with E-state index in [2.05, 4.69) is 15.3 Å². The van der Waals surface area contributed by atoms with Gasteiger partial charge in [-0.2, -0.15) is 0 Å². The second kappa shape index (κ2) is 5.31. The zero-order chi connectivity index (χ0) is 13.1. The monoisotopic (exact) mass is 238 g/mol. The highest BCUT2D eigenvalue weighted by atomic mass is 16.3. The van der Waals surface area contributed by atoms with E-state index in [1.54, 1.807) is 0 Å². The molecule has 5 nitrogen and oxygen atoms in total. The minimum atomic E-state index is -0.343. The Hall–Kier alpha value is -1.36. The van der Waals surface area contributed by atoms with Crippen LogP contribution in [0, 0.1) is 0 Å². The maximum Gasteiger partial charge on any atom is 0.134 e. The summed E-state index contributed by atoms with van der Waals surface area (Å²) < 4.78 is 0. The largest absolute Gasteiger partial charge is 0.394 e. The number of aliphatic hydroxyl groups excluding tert-OH is 1. The number of nitrogens with one attached hydrogen (secondary N) is 1. The summed E-state index contributed by atoms with van der Waals surface area (Å²) in [7, 11) is 3.76. The van der Waals surface area contributed by atoms with Crippen molar-refractivity contribution in [3.63, 3.8) is 0 Å². The highest BCUT2D eigenvalue weighted by Crippen LogP contribution is 2.22. The Labute approximate surface area is 103 Å². The van der Waals surface area contributed by atoms with Gasteiger partial charge in [0.25, 0.3) is 0 Å². The van der Waals surface area contributed by atoms with Crippen LogP contribution in [0.3, 0.4) is 0 Å². The van der Waals surface area contributed by atoms with Gasteiger partial charge < -0.3 is 15.3 Å². The van der Waals surface area contributed by atoms with Crippen LogP contribution in [0.1, 0.15) is 26.6 Å². The molecule has 1 heterocycles. The Kier molecular flexibility index (Phi) is 4.28. The summed E-state index contributed by atoms with van der Waals surface area (Å²) >= 11 is 0. The lowest BCUT2D eigenvalue weighted by atomic mass is 10.1. The average Bonchev–Trinajstić information content (AvgIpc) is 2.36. The number of likely N-dealkylation sites (N-methyl/N-ethyl adjacent to an activating group) is 1. The van der Waals surface area contributed by atoms with Crippen molar-refractivity contribution in [3.8, 4) is 0 Å². The fraction of sp³-hybridized carbons (Fsp3) is 0.667. The first-order valence-corrected chi connectivity index (χ1v) is 5.85. The van der Waals surface area contributed by atoms with Crippen molar-refractivity contribution in [2.45, 2.75) is 32.7 Å². The number of nitrogens with zero attached hydrogens (tertiary/aromatic N) is 3. The maximum atomic E-state index is 9.38. The standard InChI is InChI=1S/C12H22N4O/c1-6-9-14-10(13-4)7-11(15-9)16(5)12(2,3)8-17/h7,17H,6,8H2,1-5H3,(H,13,14,15). The van der Waals surface area contributed by atoms with Crippen molar-refractivity contribution in [1.82, 2.24) is 9.97 Å². The molecule has 1 aromatic rings. The number of anilines is 2. The molecular formula is C12H22N4O. The van der Waals surface area contributed by atoms with Gasteiger partial charge in [0.15, 0.2) is 0 Å². The van der Waals surface area contributed by atoms with Crippen molar-refractivity contribution in [3.05, 3.63) is 11.9 Å². The highest BCUT2D eigenvalue weighted by molar-refractivity contribution is 5.50. The Morgan fingerprint density at radius 2 is 2.06 bits per heavy atom. The molecule has 0 spiro atoms. The number of aliphatic hydroxyl groups is 1. The first-order valence-electron chi connectivity index (χ1n) is 5.85. The van der Waals surface area contributed by atoms with Gasteiger partial charge in [0.1, 0.15) is 17.5 Å². The third-order valence-corrected chi connectivity index (χ3v) is 2.97. The topological polar surface area (TPSA) is 61.3 Å². The maximum absolute atomic E-state index is 9.38. The van der Waals surface area contributed by atoms with Crippen LogP contribution in [0.4, 0.5) is 11.6 Å². The fourth-order valence-corrected chi connectivity index (χ4v) is 1.36. The molecule has 96 valence electrons. The van der Waals surface area contributed by atoms with Gasteiger partial charge in [-0.05, 0) is 13.8 Å². The minimum absolute atomic E-state index is 0.0733. The molecule has 5 heteroatoms. The van der Waals surface area contributed by atoms with E-state index in [-0.39, 0.29) is 12.1 Å². The highest BCUT2D eigenvalue weighted by Gasteiger charge is 2.24. The SMILES string of the molecule is CCc1nc(NC)cc(N(C)C(C)(C)CO)n1. The van der Waals surface area contributed by atoms with E-state index in [1.165, 1.54) is 0 Å². The first kappa shape index (κ1) is 13.7. The molecule has 0 amide bonds. The quantitative estimate of drug-likeness (QED) is 0.809. The summed E-state index contributed by atoms with van der Waals surface area (Å²) in [6.45, 7) is 6.04. The normalized spacial score (nSPS) is 11.4. The van der Waals surface area contributed by atoms with E-state index < -0.39 is 0 Å². The molecule has 0 atom stereocenters. The van der Waals surface area contributed by atoms with E-state index in [9.17, 15) is 5.11 Å². The van der Waals surface area contributed by atoms with Crippen LogP contribution < -0.4 is 10.2 Å². The van der Waals surface area contributed by atoms with E-state index >= 15 is 0 Å². The molecule has 0 saturated heterocycles. The van der Waals surface area contributed by atoms with Crippen LogP contribution in [0.15, 0.2) is 6.07 Å². The molecule has 17 heavy (non-hydrogen) atoms. The Balaban J connectivity index is 3.12. The van der Waals surface area contributed by atoms with Gasteiger partial charge in [0, 0.05) is 26.6 Å². The van der Waals surface area contributed by atoms with Crippen molar-refractivity contribution < 1.29 is 5.11 Å². The third-order valence-electron chi connectivity index (χ3n) is 2.97. The number of rotatable bonds is 5. The number of aryl methyl sites for hydroxylation is 1. The number of hydrogen-bond donors (Lipinski definition) is 2. The van der Waals surface area contributed by atoms with Gasteiger partial charge >= 0.3 is 0 Å². The van der Waals surface area contributed by atoms with E-state index in [0.29, 0.717) is 0 Å². The summed E-state index contributed by atoms with van der Waals surface area (Å²) in [5, 5.41) is 12.4. The molecule has 0 bridgehead atoms. The van der Waals surface area contributed by atoms with Crippen molar-refractivity contribution in [1.29, 1.82) is 0 Å². The zero-order valence-corrected chi connectivity index (χ0v) is 11.3. The molecule has 0 radical (unpaired) electrons. The molecule has 0 aromatic carbocycles. The molecule has 0 saturated carbocycles. The lowest BCUT2D eigenvalue weighted by Crippen LogP contribution is -2.45. The van der Waals surface area contributed by atoms with E-state index in [0.717, 1.165) is 23.9 Å². The minimum Gasteiger partial charge on any atom is -0.394 e. The molecular weight excluding hydrogens is 216 g/mol. The molecule has 0 fully saturated rings. The third kappa shape index (κ3) is 3.06. The summed E-state index contributed by atoms with van der Waals surface area (Å²) in [6, 6.07) is 1.89. The van der Waals surface area contributed by atoms with Crippen molar-refractivity contribution in [2.75, 3.05) is 30.9 Å². The lowest BCUT2D eigenvalue weighted by molar-refractivity contribution is 0.215. The fourth-order valence-electron chi connectivity index (χ4n) is 1.36. The Bertz CT molecular complexity index is 357. The summed E-state index contributed by atoms with van der Waals surface area (Å²) in [4.78, 5) is 10.8. The van der Waals surface area contributed by atoms with Gasteiger partial charge in [-0.15, -0.1) is 0 Å². The molecule has 0 aliphatic rings. The van der Waals surface area contributed by atoms with Crippen LogP contribution in [-0.2, 0) is 6.42 Å². The summed E-state index contributed by atoms with van der Waals surface area (Å²) in [5.74, 6) is 2.42. The number of hydrogen-bond acceptors (Lipinski definition) is 5. The Morgan fingerprint density at radius 1 is 1.41 bits per heavy atom.